The molecule has 2 aromatic heterocycles. The molecule has 7 nitrogen and oxygen atoms in total. The van der Waals surface area contributed by atoms with E-state index in [2.05, 4.69) is 15.4 Å². The number of likely N-dealkylation sites (N-methyl/N-ethyl adjacent to an activating group) is 1. The highest BCUT2D eigenvalue weighted by atomic mass is 32.1. The maximum absolute atomic E-state index is 11.9. The number of aliphatic hydroxyl groups excluding tert-OH is 1. The van der Waals surface area contributed by atoms with Gasteiger partial charge in [-0.25, -0.2) is 0 Å². The van der Waals surface area contributed by atoms with Crippen molar-refractivity contribution in [1.29, 1.82) is 0 Å². The van der Waals surface area contributed by atoms with Crippen molar-refractivity contribution in [3.05, 3.63) is 16.8 Å². The summed E-state index contributed by atoms with van der Waals surface area (Å²) in [7, 11) is 1.64. The Morgan fingerprint density at radius 3 is 3.05 bits per heavy atom. The highest BCUT2D eigenvalue weighted by molar-refractivity contribution is 7.08. The molecule has 0 saturated carbocycles. The van der Waals surface area contributed by atoms with Gasteiger partial charge in [0.05, 0.1) is 12.6 Å². The summed E-state index contributed by atoms with van der Waals surface area (Å²) in [6, 6.07) is 1.67. The van der Waals surface area contributed by atoms with Crippen molar-refractivity contribution < 1.29 is 9.90 Å². The molecule has 0 spiro atoms. The Kier molecular flexibility index (Phi) is 4.23. The summed E-state index contributed by atoms with van der Waals surface area (Å²) in [4.78, 5) is 14.6. The van der Waals surface area contributed by atoms with E-state index in [4.69, 9.17) is 5.11 Å². The highest BCUT2D eigenvalue weighted by Gasteiger charge is 2.17. The third kappa shape index (κ3) is 3.15. The molecule has 0 aliphatic carbocycles. The first-order valence-electron chi connectivity index (χ1n) is 5.78. The van der Waals surface area contributed by atoms with Crippen molar-refractivity contribution in [3.8, 4) is 11.4 Å². The predicted molar refractivity (Wildman–Crippen MR) is 70.4 cm³/mol. The Hall–Kier alpha value is -1.80. The number of aliphatic hydroxyl groups is 1. The Morgan fingerprint density at radius 1 is 1.63 bits per heavy atom. The zero-order chi connectivity index (χ0) is 13.8. The molecule has 102 valence electrons. The fraction of sp³-hybridized carbons (Fsp3) is 0.455. The van der Waals surface area contributed by atoms with Crippen LogP contribution >= 0.6 is 11.3 Å². The van der Waals surface area contributed by atoms with Gasteiger partial charge in [-0.15, -0.1) is 10.2 Å². The van der Waals surface area contributed by atoms with Gasteiger partial charge in [0.15, 0.2) is 0 Å². The lowest BCUT2D eigenvalue weighted by molar-refractivity contribution is -0.133. The van der Waals surface area contributed by atoms with E-state index in [1.807, 2.05) is 16.8 Å². The van der Waals surface area contributed by atoms with E-state index in [0.29, 0.717) is 5.82 Å². The van der Waals surface area contributed by atoms with Crippen LogP contribution in [0, 0.1) is 0 Å². The quantitative estimate of drug-likeness (QED) is 0.848. The number of rotatable bonds is 5. The van der Waals surface area contributed by atoms with Gasteiger partial charge in [-0.1, -0.05) is 0 Å². The number of amides is 1. The Morgan fingerprint density at radius 2 is 2.42 bits per heavy atom. The molecule has 1 N–H and O–H groups in total. The topological polar surface area (TPSA) is 84.1 Å². The number of nitrogens with zero attached hydrogens (tertiary/aromatic N) is 5. The molecule has 1 unspecified atom stereocenters. The van der Waals surface area contributed by atoms with Crippen LogP contribution in [-0.4, -0.2) is 55.8 Å². The lowest BCUT2D eigenvalue weighted by Gasteiger charge is -2.22. The first-order valence-corrected chi connectivity index (χ1v) is 6.73. The van der Waals surface area contributed by atoms with E-state index in [-0.39, 0.29) is 25.1 Å². The summed E-state index contributed by atoms with van der Waals surface area (Å²) in [5, 5.41) is 24.8. The summed E-state index contributed by atoms with van der Waals surface area (Å²) < 4.78 is 0. The highest BCUT2D eigenvalue weighted by Crippen LogP contribution is 2.16. The number of hydrogen-bond donors (Lipinski definition) is 1. The molecule has 0 saturated heterocycles. The standard InChI is InChI=1S/C11H15N5O2S/c1-8(6-17)15(2)10(18)5-16-13-11(12-14-16)9-3-4-19-7-9/h3-4,7-8,17H,5-6H2,1-2H3. The number of hydrogen-bond acceptors (Lipinski definition) is 6. The number of carbonyl (C=O) groups excluding carboxylic acids is 1. The molecule has 0 bridgehead atoms. The minimum absolute atomic E-state index is 0.0119. The van der Waals surface area contributed by atoms with E-state index >= 15 is 0 Å². The third-order valence-corrected chi connectivity index (χ3v) is 3.51. The van der Waals surface area contributed by atoms with Crippen molar-refractivity contribution in [2.24, 2.45) is 0 Å². The van der Waals surface area contributed by atoms with Crippen LogP contribution in [0.4, 0.5) is 0 Å². The van der Waals surface area contributed by atoms with Crippen LogP contribution in [0.5, 0.6) is 0 Å². The van der Waals surface area contributed by atoms with Gasteiger partial charge in [-0.3, -0.25) is 4.79 Å². The van der Waals surface area contributed by atoms with Crippen molar-refractivity contribution in [2.75, 3.05) is 13.7 Å². The largest absolute Gasteiger partial charge is 0.394 e. The summed E-state index contributed by atoms with van der Waals surface area (Å²) in [5.74, 6) is 0.336. The smallest absolute Gasteiger partial charge is 0.246 e. The van der Waals surface area contributed by atoms with Crippen molar-refractivity contribution >= 4 is 17.2 Å². The SMILES string of the molecule is CC(CO)N(C)C(=O)Cn1nnc(-c2ccsc2)n1. The van der Waals surface area contributed by atoms with E-state index < -0.39 is 0 Å². The zero-order valence-corrected chi connectivity index (χ0v) is 11.5. The number of carbonyl (C=O) groups is 1. The molecule has 0 fully saturated rings. The molecule has 2 aromatic rings. The van der Waals surface area contributed by atoms with E-state index in [1.165, 1.54) is 9.70 Å². The van der Waals surface area contributed by atoms with Gasteiger partial charge < -0.3 is 10.0 Å². The first kappa shape index (κ1) is 13.6. The van der Waals surface area contributed by atoms with Crippen LogP contribution < -0.4 is 0 Å². The first-order chi connectivity index (χ1) is 9.11. The second kappa shape index (κ2) is 5.89. The Labute approximate surface area is 114 Å². The lowest BCUT2D eigenvalue weighted by Crippen LogP contribution is -2.39. The van der Waals surface area contributed by atoms with E-state index in [1.54, 1.807) is 25.3 Å². The molecule has 0 aliphatic heterocycles. The zero-order valence-electron chi connectivity index (χ0n) is 10.7. The molecule has 1 amide bonds. The monoisotopic (exact) mass is 281 g/mol. The maximum Gasteiger partial charge on any atom is 0.246 e. The summed E-state index contributed by atoms with van der Waals surface area (Å²) in [6.45, 7) is 1.70. The molecular formula is C11H15N5O2S. The Bertz CT molecular complexity index is 539. The number of aromatic nitrogens is 4. The minimum Gasteiger partial charge on any atom is -0.394 e. The lowest BCUT2D eigenvalue weighted by atomic mass is 10.3. The molecule has 19 heavy (non-hydrogen) atoms. The minimum atomic E-state index is -0.229. The van der Waals surface area contributed by atoms with Gasteiger partial charge in [-0.2, -0.15) is 16.1 Å². The van der Waals surface area contributed by atoms with Gasteiger partial charge >= 0.3 is 0 Å². The maximum atomic E-state index is 11.9. The predicted octanol–water partition coefficient (Wildman–Crippen LogP) is 0.241. The molecule has 0 radical (unpaired) electrons. The second-order valence-corrected chi connectivity index (χ2v) is 4.97. The van der Waals surface area contributed by atoms with Gasteiger partial charge in [0.2, 0.25) is 11.7 Å². The molecule has 8 heteroatoms. The fourth-order valence-electron chi connectivity index (χ4n) is 1.42. The van der Waals surface area contributed by atoms with Gasteiger partial charge in [0.25, 0.3) is 0 Å². The normalized spacial score (nSPS) is 12.4. The molecule has 2 rings (SSSR count). The summed E-state index contributed by atoms with van der Waals surface area (Å²) in [5.41, 5.74) is 0.890. The van der Waals surface area contributed by atoms with Crippen LogP contribution in [0.1, 0.15) is 6.92 Å². The Balaban J connectivity index is 2.02. The fourth-order valence-corrected chi connectivity index (χ4v) is 2.05. The molecule has 0 aromatic carbocycles. The van der Waals surface area contributed by atoms with E-state index in [0.717, 1.165) is 5.56 Å². The van der Waals surface area contributed by atoms with Crippen LogP contribution in [-0.2, 0) is 11.3 Å². The summed E-state index contributed by atoms with van der Waals surface area (Å²) >= 11 is 1.55. The van der Waals surface area contributed by atoms with Gasteiger partial charge in [0.1, 0.15) is 6.54 Å². The molecule has 2 heterocycles. The van der Waals surface area contributed by atoms with Gasteiger partial charge in [0, 0.05) is 18.0 Å². The third-order valence-electron chi connectivity index (χ3n) is 2.83. The molecule has 1 atom stereocenters. The van der Waals surface area contributed by atoms with Crippen LogP contribution in [0.15, 0.2) is 16.8 Å². The average molecular weight is 281 g/mol. The van der Waals surface area contributed by atoms with Crippen LogP contribution in [0.3, 0.4) is 0 Å². The van der Waals surface area contributed by atoms with Crippen molar-refractivity contribution in [2.45, 2.75) is 19.5 Å². The average Bonchev–Trinajstić information content (AvgIpc) is 3.06. The second-order valence-electron chi connectivity index (χ2n) is 4.19. The number of tetrazole rings is 1. The van der Waals surface area contributed by atoms with Gasteiger partial charge in [-0.05, 0) is 23.6 Å². The van der Waals surface area contributed by atoms with Crippen molar-refractivity contribution in [1.82, 2.24) is 25.1 Å². The van der Waals surface area contributed by atoms with Crippen molar-refractivity contribution in [3.63, 3.8) is 0 Å². The number of thiophene rings is 1. The molecule has 0 aliphatic rings. The summed E-state index contributed by atoms with van der Waals surface area (Å²) in [6.07, 6.45) is 0. The van der Waals surface area contributed by atoms with Crippen LogP contribution in [0.2, 0.25) is 0 Å². The van der Waals surface area contributed by atoms with E-state index in [9.17, 15) is 4.79 Å². The molecular weight excluding hydrogens is 266 g/mol. The van der Waals surface area contributed by atoms with Crippen LogP contribution in [0.25, 0.3) is 11.4 Å².